The normalized spacial score (nSPS) is 15.3. The molecule has 1 aliphatic rings. The highest BCUT2D eigenvalue weighted by molar-refractivity contribution is 9.10. The molecule has 164 valence electrons. The smallest absolute Gasteiger partial charge is 0.374 e. The molecule has 8 nitrogen and oxygen atoms in total. The van der Waals surface area contributed by atoms with Crippen molar-refractivity contribution < 1.29 is 18.7 Å². The molecule has 2 aromatic heterocycles. The molecule has 0 unspecified atom stereocenters. The SMILES string of the molecule is CCOC(=O)c1ccc(CN2CCC(CNC(=O)c3n[nH]c4ccc(Br)cc34)CC2)o1. The number of furan rings is 1. The molecule has 1 saturated heterocycles. The van der Waals surface area contributed by atoms with Crippen LogP contribution in [-0.2, 0) is 11.3 Å². The molecule has 1 fully saturated rings. The fraction of sp³-hybridized carbons (Fsp3) is 0.409. The Kier molecular flexibility index (Phi) is 6.72. The summed E-state index contributed by atoms with van der Waals surface area (Å²) in [6.07, 6.45) is 1.97. The topological polar surface area (TPSA) is 100 Å². The molecule has 1 aromatic carbocycles. The summed E-state index contributed by atoms with van der Waals surface area (Å²) < 4.78 is 11.5. The lowest BCUT2D eigenvalue weighted by molar-refractivity contribution is 0.0485. The summed E-state index contributed by atoms with van der Waals surface area (Å²) in [5.41, 5.74) is 1.26. The molecule has 0 saturated carbocycles. The van der Waals surface area contributed by atoms with Gasteiger partial charge in [-0.15, -0.1) is 0 Å². The summed E-state index contributed by atoms with van der Waals surface area (Å²) in [7, 11) is 0. The zero-order chi connectivity index (χ0) is 21.8. The zero-order valence-electron chi connectivity index (χ0n) is 17.3. The number of hydrogen-bond acceptors (Lipinski definition) is 6. The van der Waals surface area contributed by atoms with Crippen molar-refractivity contribution in [3.05, 3.63) is 52.0 Å². The van der Waals surface area contributed by atoms with Crippen molar-refractivity contribution in [2.75, 3.05) is 26.2 Å². The van der Waals surface area contributed by atoms with Crippen molar-refractivity contribution in [2.24, 2.45) is 5.92 Å². The van der Waals surface area contributed by atoms with E-state index in [2.05, 4.69) is 36.3 Å². The lowest BCUT2D eigenvalue weighted by Crippen LogP contribution is -2.38. The molecule has 3 heterocycles. The number of aromatic amines is 1. The minimum absolute atomic E-state index is 0.158. The highest BCUT2D eigenvalue weighted by atomic mass is 79.9. The summed E-state index contributed by atoms with van der Waals surface area (Å²) >= 11 is 3.44. The van der Waals surface area contributed by atoms with Crippen molar-refractivity contribution in [1.82, 2.24) is 20.4 Å². The molecule has 0 bridgehead atoms. The number of amides is 1. The number of benzene rings is 1. The average Bonchev–Trinajstić information content (AvgIpc) is 3.40. The minimum Gasteiger partial charge on any atom is -0.460 e. The standard InChI is InChI=1S/C22H25BrN4O4/c1-2-30-22(29)19-6-4-16(31-19)13-27-9-7-14(8-10-27)12-24-21(28)20-17-11-15(23)3-5-18(17)25-26-20/h3-6,11,14H,2,7-10,12-13H2,1H3,(H,24,28)(H,25,26). The Labute approximate surface area is 188 Å². The number of aromatic nitrogens is 2. The van der Waals surface area contributed by atoms with Crippen LogP contribution in [0.5, 0.6) is 0 Å². The first-order valence-electron chi connectivity index (χ1n) is 10.4. The fourth-order valence-electron chi connectivity index (χ4n) is 3.82. The van der Waals surface area contributed by atoms with Crippen molar-refractivity contribution >= 4 is 38.7 Å². The van der Waals surface area contributed by atoms with E-state index in [1.807, 2.05) is 24.3 Å². The predicted octanol–water partition coefficient (Wildman–Crippen LogP) is 3.74. The highest BCUT2D eigenvalue weighted by Crippen LogP contribution is 2.22. The second-order valence-electron chi connectivity index (χ2n) is 7.68. The monoisotopic (exact) mass is 488 g/mol. The number of H-pyrrole nitrogens is 1. The molecular weight excluding hydrogens is 464 g/mol. The molecule has 4 rings (SSSR count). The number of rotatable bonds is 7. The van der Waals surface area contributed by atoms with Crippen LogP contribution in [0.15, 0.2) is 39.2 Å². The van der Waals surface area contributed by atoms with E-state index in [0.29, 0.717) is 31.3 Å². The third-order valence-electron chi connectivity index (χ3n) is 5.52. The molecule has 1 amide bonds. The van der Waals surface area contributed by atoms with Crippen LogP contribution in [0.25, 0.3) is 10.9 Å². The Bertz CT molecular complexity index is 1070. The molecule has 0 aliphatic carbocycles. The third-order valence-corrected chi connectivity index (χ3v) is 6.01. The van der Waals surface area contributed by atoms with Gasteiger partial charge in [0.05, 0.1) is 18.7 Å². The number of fused-ring (bicyclic) bond motifs is 1. The lowest BCUT2D eigenvalue weighted by Gasteiger charge is -2.31. The van der Waals surface area contributed by atoms with Gasteiger partial charge in [-0.25, -0.2) is 4.79 Å². The van der Waals surface area contributed by atoms with Gasteiger partial charge in [-0.2, -0.15) is 5.10 Å². The second-order valence-corrected chi connectivity index (χ2v) is 8.59. The van der Waals surface area contributed by atoms with E-state index in [9.17, 15) is 9.59 Å². The molecule has 0 radical (unpaired) electrons. The van der Waals surface area contributed by atoms with Gasteiger partial charge in [0.15, 0.2) is 5.69 Å². The molecule has 9 heteroatoms. The molecule has 1 aliphatic heterocycles. The Balaban J connectivity index is 1.24. The lowest BCUT2D eigenvalue weighted by atomic mass is 9.96. The Morgan fingerprint density at radius 2 is 2.10 bits per heavy atom. The van der Waals surface area contributed by atoms with Crippen LogP contribution in [0.3, 0.4) is 0 Å². The summed E-state index contributed by atoms with van der Waals surface area (Å²) in [5, 5.41) is 10.9. The highest BCUT2D eigenvalue weighted by Gasteiger charge is 2.22. The minimum atomic E-state index is -0.430. The van der Waals surface area contributed by atoms with E-state index in [1.54, 1.807) is 13.0 Å². The van der Waals surface area contributed by atoms with E-state index in [0.717, 1.165) is 47.1 Å². The third kappa shape index (κ3) is 5.16. The van der Waals surface area contributed by atoms with Crippen LogP contribution in [0.4, 0.5) is 0 Å². The second kappa shape index (κ2) is 9.65. The summed E-state index contributed by atoms with van der Waals surface area (Å²) in [5.74, 6) is 0.830. The van der Waals surface area contributed by atoms with Gasteiger partial charge >= 0.3 is 5.97 Å². The molecule has 3 aromatic rings. The zero-order valence-corrected chi connectivity index (χ0v) is 18.9. The van der Waals surface area contributed by atoms with E-state index >= 15 is 0 Å². The number of halogens is 1. The van der Waals surface area contributed by atoms with Crippen LogP contribution in [0.2, 0.25) is 0 Å². The van der Waals surface area contributed by atoms with E-state index < -0.39 is 5.97 Å². The number of likely N-dealkylation sites (tertiary alicyclic amines) is 1. The molecule has 0 spiro atoms. The number of hydrogen-bond donors (Lipinski definition) is 2. The quantitative estimate of drug-likeness (QED) is 0.491. The molecule has 0 atom stereocenters. The van der Waals surface area contributed by atoms with Crippen molar-refractivity contribution in [3.8, 4) is 0 Å². The van der Waals surface area contributed by atoms with E-state index in [4.69, 9.17) is 9.15 Å². The van der Waals surface area contributed by atoms with Gasteiger partial charge in [0.25, 0.3) is 5.91 Å². The van der Waals surface area contributed by atoms with Gasteiger partial charge in [0, 0.05) is 16.4 Å². The Hall–Kier alpha value is -2.65. The maximum absolute atomic E-state index is 12.6. The van der Waals surface area contributed by atoms with Crippen molar-refractivity contribution in [2.45, 2.75) is 26.3 Å². The number of nitrogens with zero attached hydrogens (tertiary/aromatic N) is 2. The van der Waals surface area contributed by atoms with Gasteiger partial charge in [0.2, 0.25) is 5.76 Å². The number of nitrogens with one attached hydrogen (secondary N) is 2. The Morgan fingerprint density at radius 3 is 2.87 bits per heavy atom. The van der Waals surface area contributed by atoms with Gasteiger partial charge in [-0.05, 0) is 69.1 Å². The van der Waals surface area contributed by atoms with Crippen LogP contribution >= 0.6 is 15.9 Å². The van der Waals surface area contributed by atoms with Gasteiger partial charge in [-0.1, -0.05) is 15.9 Å². The maximum atomic E-state index is 12.6. The number of carbonyl (C=O) groups is 2. The van der Waals surface area contributed by atoms with Gasteiger partial charge in [-0.3, -0.25) is 14.8 Å². The number of esters is 1. The number of piperidine rings is 1. The fourth-order valence-corrected chi connectivity index (χ4v) is 4.19. The van der Waals surface area contributed by atoms with Gasteiger partial charge < -0.3 is 14.5 Å². The van der Waals surface area contributed by atoms with Crippen LogP contribution in [0.1, 0.15) is 46.6 Å². The predicted molar refractivity (Wildman–Crippen MR) is 119 cm³/mol. The molecular formula is C22H25BrN4O4. The van der Waals surface area contributed by atoms with Crippen LogP contribution in [0, 0.1) is 5.92 Å². The van der Waals surface area contributed by atoms with Crippen molar-refractivity contribution in [3.63, 3.8) is 0 Å². The van der Waals surface area contributed by atoms with Crippen LogP contribution < -0.4 is 5.32 Å². The van der Waals surface area contributed by atoms with Crippen molar-refractivity contribution in [1.29, 1.82) is 0 Å². The average molecular weight is 489 g/mol. The number of ether oxygens (including phenoxy) is 1. The van der Waals surface area contributed by atoms with E-state index in [-0.39, 0.29) is 11.7 Å². The first kappa shape index (κ1) is 21.6. The van der Waals surface area contributed by atoms with Crippen LogP contribution in [-0.4, -0.2) is 53.2 Å². The maximum Gasteiger partial charge on any atom is 0.374 e. The number of carbonyl (C=O) groups excluding carboxylic acids is 2. The van der Waals surface area contributed by atoms with Gasteiger partial charge in [0.1, 0.15) is 5.76 Å². The summed E-state index contributed by atoms with van der Waals surface area (Å²) in [6, 6.07) is 9.19. The first-order chi connectivity index (χ1) is 15.0. The summed E-state index contributed by atoms with van der Waals surface area (Å²) in [6.45, 7) is 5.20. The molecule has 31 heavy (non-hydrogen) atoms. The van der Waals surface area contributed by atoms with E-state index in [1.165, 1.54) is 0 Å². The largest absolute Gasteiger partial charge is 0.460 e. The summed E-state index contributed by atoms with van der Waals surface area (Å²) in [4.78, 5) is 26.6. The molecule has 2 N–H and O–H groups in total. The first-order valence-corrected chi connectivity index (χ1v) is 11.2. The Morgan fingerprint density at radius 1 is 1.29 bits per heavy atom.